The van der Waals surface area contributed by atoms with E-state index < -0.39 is 0 Å². The predicted octanol–water partition coefficient (Wildman–Crippen LogP) is 4.16. The molecule has 0 bridgehead atoms. The van der Waals surface area contributed by atoms with Crippen LogP contribution in [0.5, 0.6) is 0 Å². The lowest BCUT2D eigenvalue weighted by Gasteiger charge is -1.98. The molecule has 0 aliphatic rings. The molecular formula is C12H11ClN2S. The van der Waals surface area contributed by atoms with Gasteiger partial charge in [-0.05, 0) is 37.3 Å². The molecule has 0 aliphatic carbocycles. The van der Waals surface area contributed by atoms with Crippen LogP contribution in [-0.2, 0) is 0 Å². The van der Waals surface area contributed by atoms with Crippen LogP contribution in [0.1, 0.15) is 9.75 Å². The standard InChI is InChI=1S/C12H11ClN2S/c1-9-5-6-12(16-9)8-14-15-11-4-2-3-10(13)7-11/h2-8,15H,1H3/b14-8-. The first kappa shape index (κ1) is 11.2. The van der Waals surface area contributed by atoms with Gasteiger partial charge in [-0.1, -0.05) is 17.7 Å². The minimum atomic E-state index is 0.701. The summed E-state index contributed by atoms with van der Waals surface area (Å²) in [5, 5.41) is 4.84. The summed E-state index contributed by atoms with van der Waals surface area (Å²) in [4.78, 5) is 2.41. The van der Waals surface area contributed by atoms with Crippen molar-refractivity contribution < 1.29 is 0 Å². The smallest absolute Gasteiger partial charge is 0.0644 e. The van der Waals surface area contributed by atoms with E-state index in [2.05, 4.69) is 23.5 Å². The highest BCUT2D eigenvalue weighted by Gasteiger charge is 1.92. The van der Waals surface area contributed by atoms with Gasteiger partial charge >= 0.3 is 0 Å². The number of benzene rings is 1. The largest absolute Gasteiger partial charge is 0.278 e. The summed E-state index contributed by atoms with van der Waals surface area (Å²) in [6.45, 7) is 2.08. The molecule has 1 aromatic carbocycles. The number of hydrogen-bond acceptors (Lipinski definition) is 3. The molecule has 1 N–H and O–H groups in total. The van der Waals surface area contributed by atoms with Crippen LogP contribution in [0, 0.1) is 6.92 Å². The summed E-state index contributed by atoms with van der Waals surface area (Å²) in [7, 11) is 0. The third-order valence-electron chi connectivity index (χ3n) is 1.97. The van der Waals surface area contributed by atoms with Crippen LogP contribution in [-0.4, -0.2) is 6.21 Å². The Morgan fingerprint density at radius 2 is 2.19 bits per heavy atom. The quantitative estimate of drug-likeness (QED) is 0.642. The Kier molecular flexibility index (Phi) is 3.59. The second kappa shape index (κ2) is 5.14. The Hall–Kier alpha value is -1.32. The zero-order chi connectivity index (χ0) is 11.4. The number of hydrazone groups is 1. The fourth-order valence-electron chi connectivity index (χ4n) is 1.25. The highest BCUT2D eigenvalue weighted by Crippen LogP contribution is 2.15. The van der Waals surface area contributed by atoms with Gasteiger partial charge in [0, 0.05) is 14.8 Å². The van der Waals surface area contributed by atoms with Gasteiger partial charge in [0.25, 0.3) is 0 Å². The van der Waals surface area contributed by atoms with E-state index in [1.165, 1.54) is 4.88 Å². The summed E-state index contributed by atoms with van der Waals surface area (Å²) in [6.07, 6.45) is 1.80. The van der Waals surface area contributed by atoms with Gasteiger partial charge in [0.15, 0.2) is 0 Å². The Bertz CT molecular complexity index is 505. The number of rotatable bonds is 3. The Labute approximate surface area is 104 Å². The number of nitrogens with one attached hydrogen (secondary N) is 1. The molecule has 2 aromatic rings. The van der Waals surface area contributed by atoms with E-state index in [1.54, 1.807) is 17.6 Å². The third-order valence-corrected chi connectivity index (χ3v) is 3.14. The Morgan fingerprint density at radius 1 is 1.31 bits per heavy atom. The van der Waals surface area contributed by atoms with Gasteiger partial charge in [-0.15, -0.1) is 11.3 Å². The molecule has 0 unspecified atom stereocenters. The van der Waals surface area contributed by atoms with Crippen molar-refractivity contribution >= 4 is 34.8 Å². The molecule has 82 valence electrons. The van der Waals surface area contributed by atoms with Crippen LogP contribution in [0.15, 0.2) is 41.5 Å². The number of hydrogen-bond donors (Lipinski definition) is 1. The SMILES string of the molecule is Cc1ccc(/C=N\Nc2cccc(Cl)c2)s1. The number of aryl methyl sites for hydroxylation is 1. The average Bonchev–Trinajstić information content (AvgIpc) is 2.64. The molecule has 1 heterocycles. The monoisotopic (exact) mass is 250 g/mol. The van der Waals surface area contributed by atoms with Crippen molar-refractivity contribution in [2.24, 2.45) is 5.10 Å². The van der Waals surface area contributed by atoms with Gasteiger partial charge in [0.1, 0.15) is 0 Å². The molecule has 0 spiro atoms. The van der Waals surface area contributed by atoms with E-state index in [1.807, 2.05) is 30.3 Å². The molecule has 0 saturated carbocycles. The van der Waals surface area contributed by atoms with E-state index in [0.29, 0.717) is 5.02 Å². The molecular weight excluding hydrogens is 240 g/mol. The normalized spacial score (nSPS) is 10.9. The van der Waals surface area contributed by atoms with E-state index in [9.17, 15) is 0 Å². The minimum absolute atomic E-state index is 0.701. The highest BCUT2D eigenvalue weighted by molar-refractivity contribution is 7.13. The maximum atomic E-state index is 5.85. The van der Waals surface area contributed by atoms with Crippen LogP contribution in [0.2, 0.25) is 5.02 Å². The zero-order valence-corrected chi connectivity index (χ0v) is 10.3. The molecule has 0 atom stereocenters. The molecule has 2 nitrogen and oxygen atoms in total. The topological polar surface area (TPSA) is 24.4 Å². The Morgan fingerprint density at radius 3 is 2.88 bits per heavy atom. The first-order valence-electron chi connectivity index (χ1n) is 4.85. The van der Waals surface area contributed by atoms with Crippen molar-refractivity contribution in [2.75, 3.05) is 5.43 Å². The minimum Gasteiger partial charge on any atom is -0.278 e. The second-order valence-electron chi connectivity index (χ2n) is 3.33. The van der Waals surface area contributed by atoms with Crippen LogP contribution >= 0.6 is 22.9 Å². The first-order chi connectivity index (χ1) is 7.74. The molecule has 0 amide bonds. The van der Waals surface area contributed by atoms with E-state index >= 15 is 0 Å². The maximum Gasteiger partial charge on any atom is 0.0644 e. The second-order valence-corrected chi connectivity index (χ2v) is 5.08. The van der Waals surface area contributed by atoms with Crippen LogP contribution in [0.3, 0.4) is 0 Å². The molecule has 4 heteroatoms. The van der Waals surface area contributed by atoms with E-state index in [0.717, 1.165) is 10.6 Å². The van der Waals surface area contributed by atoms with Gasteiger partial charge in [0.05, 0.1) is 11.9 Å². The van der Waals surface area contributed by atoms with Gasteiger partial charge in [-0.25, -0.2) is 0 Å². The van der Waals surface area contributed by atoms with Crippen molar-refractivity contribution in [1.82, 2.24) is 0 Å². The van der Waals surface area contributed by atoms with Crippen molar-refractivity contribution in [3.05, 3.63) is 51.2 Å². The molecule has 0 saturated heterocycles. The van der Waals surface area contributed by atoms with Gasteiger partial charge in [0.2, 0.25) is 0 Å². The molecule has 1 aromatic heterocycles. The third kappa shape index (κ3) is 3.08. The number of nitrogens with zero attached hydrogens (tertiary/aromatic N) is 1. The molecule has 16 heavy (non-hydrogen) atoms. The summed E-state index contributed by atoms with van der Waals surface area (Å²) in [5.41, 5.74) is 3.82. The van der Waals surface area contributed by atoms with E-state index in [-0.39, 0.29) is 0 Å². The van der Waals surface area contributed by atoms with Crippen molar-refractivity contribution in [1.29, 1.82) is 0 Å². The number of halogens is 1. The van der Waals surface area contributed by atoms with Gasteiger partial charge < -0.3 is 0 Å². The molecule has 2 rings (SSSR count). The molecule has 0 fully saturated rings. The van der Waals surface area contributed by atoms with Crippen molar-refractivity contribution in [2.45, 2.75) is 6.92 Å². The van der Waals surface area contributed by atoms with Gasteiger partial charge in [-0.2, -0.15) is 5.10 Å². The van der Waals surface area contributed by atoms with Crippen LogP contribution < -0.4 is 5.43 Å². The summed E-state index contributed by atoms with van der Waals surface area (Å²) < 4.78 is 0. The fraction of sp³-hybridized carbons (Fsp3) is 0.0833. The highest BCUT2D eigenvalue weighted by atomic mass is 35.5. The molecule has 0 radical (unpaired) electrons. The zero-order valence-electron chi connectivity index (χ0n) is 8.77. The van der Waals surface area contributed by atoms with Gasteiger partial charge in [-0.3, -0.25) is 5.43 Å². The lowest BCUT2D eigenvalue weighted by Crippen LogP contribution is -1.88. The first-order valence-corrected chi connectivity index (χ1v) is 6.04. The lowest BCUT2D eigenvalue weighted by molar-refractivity contribution is 1.35. The summed E-state index contributed by atoms with van der Waals surface area (Å²) in [5.74, 6) is 0. The summed E-state index contributed by atoms with van der Waals surface area (Å²) >= 11 is 7.56. The van der Waals surface area contributed by atoms with E-state index in [4.69, 9.17) is 11.6 Å². The fourth-order valence-corrected chi connectivity index (χ4v) is 2.19. The molecule has 0 aliphatic heterocycles. The van der Waals surface area contributed by atoms with Crippen LogP contribution in [0.25, 0.3) is 0 Å². The van der Waals surface area contributed by atoms with Crippen LogP contribution in [0.4, 0.5) is 5.69 Å². The Balaban J connectivity index is 1.99. The number of thiophene rings is 1. The average molecular weight is 251 g/mol. The lowest BCUT2D eigenvalue weighted by atomic mass is 10.3. The summed E-state index contributed by atoms with van der Waals surface area (Å²) in [6, 6.07) is 11.6. The predicted molar refractivity (Wildman–Crippen MR) is 71.7 cm³/mol. The van der Waals surface area contributed by atoms with Crippen molar-refractivity contribution in [3.8, 4) is 0 Å². The number of anilines is 1. The van der Waals surface area contributed by atoms with Crippen molar-refractivity contribution in [3.63, 3.8) is 0 Å². The maximum absolute atomic E-state index is 5.85.